The van der Waals surface area contributed by atoms with E-state index >= 15 is 0 Å². The van der Waals surface area contributed by atoms with E-state index in [0.717, 1.165) is 32.1 Å². The molecule has 0 radical (unpaired) electrons. The van der Waals surface area contributed by atoms with Crippen molar-refractivity contribution in [3.63, 3.8) is 0 Å². The SMILES string of the molecule is CCCCCCCCC(CCCCC1OC1CCCl)C(OC)(OC)OC. The molecule has 3 atom stereocenters. The van der Waals surface area contributed by atoms with Gasteiger partial charge in [-0.2, -0.15) is 0 Å². The Morgan fingerprint density at radius 3 is 1.92 bits per heavy atom. The number of epoxide rings is 1. The molecule has 0 saturated carbocycles. The average Bonchev–Trinajstić information content (AvgIpc) is 3.40. The predicted molar refractivity (Wildman–Crippen MR) is 108 cm³/mol. The molecule has 1 aliphatic rings. The first-order valence-corrected chi connectivity index (χ1v) is 11.1. The van der Waals surface area contributed by atoms with E-state index in [1.54, 1.807) is 21.3 Å². The van der Waals surface area contributed by atoms with E-state index in [2.05, 4.69) is 6.92 Å². The molecule has 0 aliphatic carbocycles. The summed E-state index contributed by atoms with van der Waals surface area (Å²) in [7, 11) is 5.03. The van der Waals surface area contributed by atoms with Crippen molar-refractivity contribution in [2.45, 2.75) is 102 Å². The summed E-state index contributed by atoms with van der Waals surface area (Å²) in [5, 5.41) is 0. The van der Waals surface area contributed by atoms with Crippen LogP contribution in [0.1, 0.15) is 84.0 Å². The van der Waals surface area contributed by atoms with Crippen LogP contribution >= 0.6 is 11.6 Å². The van der Waals surface area contributed by atoms with Crippen LogP contribution in [0.4, 0.5) is 0 Å². The maximum absolute atomic E-state index is 5.77. The highest BCUT2D eigenvalue weighted by atomic mass is 35.5. The highest BCUT2D eigenvalue weighted by molar-refractivity contribution is 6.17. The first kappa shape index (κ1) is 24.2. The molecule has 1 saturated heterocycles. The number of hydrogen-bond donors (Lipinski definition) is 0. The molecule has 0 aromatic heterocycles. The second-order valence-corrected chi connectivity index (χ2v) is 7.82. The Kier molecular flexibility index (Phi) is 13.2. The molecule has 3 unspecified atom stereocenters. The summed E-state index contributed by atoms with van der Waals surface area (Å²) in [6.07, 6.45) is 15.2. The van der Waals surface area contributed by atoms with E-state index in [9.17, 15) is 0 Å². The zero-order valence-electron chi connectivity index (χ0n) is 17.4. The Labute approximate surface area is 166 Å². The van der Waals surface area contributed by atoms with Gasteiger partial charge in [0.1, 0.15) is 0 Å². The molecular weight excluding hydrogens is 352 g/mol. The van der Waals surface area contributed by atoms with Crippen molar-refractivity contribution < 1.29 is 18.9 Å². The van der Waals surface area contributed by atoms with Crippen molar-refractivity contribution in [1.29, 1.82) is 0 Å². The number of ether oxygens (including phenoxy) is 4. The summed E-state index contributed by atoms with van der Waals surface area (Å²) < 4.78 is 22.6. The van der Waals surface area contributed by atoms with E-state index in [0.29, 0.717) is 18.1 Å². The van der Waals surface area contributed by atoms with Crippen LogP contribution < -0.4 is 0 Å². The lowest BCUT2D eigenvalue weighted by Crippen LogP contribution is -2.44. The maximum Gasteiger partial charge on any atom is 0.285 e. The maximum atomic E-state index is 5.77. The van der Waals surface area contributed by atoms with Gasteiger partial charge in [0, 0.05) is 33.1 Å². The second-order valence-electron chi connectivity index (χ2n) is 7.44. The minimum Gasteiger partial charge on any atom is -0.370 e. The van der Waals surface area contributed by atoms with Crippen molar-refractivity contribution in [3.8, 4) is 0 Å². The summed E-state index contributed by atoms with van der Waals surface area (Å²) in [4.78, 5) is 0. The van der Waals surface area contributed by atoms with Gasteiger partial charge < -0.3 is 18.9 Å². The molecule has 5 heteroatoms. The van der Waals surface area contributed by atoms with Crippen molar-refractivity contribution in [1.82, 2.24) is 0 Å². The first-order chi connectivity index (χ1) is 12.7. The standard InChI is InChI=1S/C21H41ClO4/c1-5-6-7-8-9-10-13-18(21(23-2,24-3)25-4)14-11-12-15-19-20(26-19)16-17-22/h18-20H,5-17H2,1-4H3. The van der Waals surface area contributed by atoms with Crippen molar-refractivity contribution in [3.05, 3.63) is 0 Å². The number of rotatable bonds is 18. The van der Waals surface area contributed by atoms with Crippen LogP contribution in [0.2, 0.25) is 0 Å². The van der Waals surface area contributed by atoms with E-state index in [4.69, 9.17) is 30.5 Å². The minimum absolute atomic E-state index is 0.257. The number of methoxy groups -OCH3 is 3. The Bertz CT molecular complexity index is 328. The smallest absolute Gasteiger partial charge is 0.285 e. The third-order valence-corrected chi connectivity index (χ3v) is 5.85. The van der Waals surface area contributed by atoms with Gasteiger partial charge in [-0.1, -0.05) is 58.3 Å². The lowest BCUT2D eigenvalue weighted by molar-refractivity contribution is -0.380. The van der Waals surface area contributed by atoms with Crippen LogP contribution in [0.3, 0.4) is 0 Å². The van der Waals surface area contributed by atoms with Crippen molar-refractivity contribution in [2.75, 3.05) is 27.2 Å². The molecular formula is C21H41ClO4. The van der Waals surface area contributed by atoms with Gasteiger partial charge in [-0.25, -0.2) is 0 Å². The highest BCUT2D eigenvalue weighted by Crippen LogP contribution is 2.34. The third kappa shape index (κ3) is 8.43. The normalized spacial score (nSPS) is 21.1. The summed E-state index contributed by atoms with van der Waals surface area (Å²) in [6.45, 7) is 2.25. The zero-order valence-corrected chi connectivity index (χ0v) is 18.2. The number of alkyl halides is 1. The Morgan fingerprint density at radius 2 is 1.35 bits per heavy atom. The Balaban J connectivity index is 2.34. The molecule has 4 nitrogen and oxygen atoms in total. The quantitative estimate of drug-likeness (QED) is 0.126. The highest BCUT2D eigenvalue weighted by Gasteiger charge is 2.40. The lowest BCUT2D eigenvalue weighted by Gasteiger charge is -2.36. The average molecular weight is 393 g/mol. The van der Waals surface area contributed by atoms with Crippen LogP contribution in [0.5, 0.6) is 0 Å². The van der Waals surface area contributed by atoms with Crippen LogP contribution in [0.25, 0.3) is 0 Å². The third-order valence-electron chi connectivity index (χ3n) is 5.63. The van der Waals surface area contributed by atoms with Crippen LogP contribution in [-0.2, 0) is 18.9 Å². The molecule has 0 amide bonds. The largest absolute Gasteiger partial charge is 0.370 e. The molecule has 1 fully saturated rings. The molecule has 0 aromatic rings. The van der Waals surface area contributed by atoms with E-state index < -0.39 is 5.97 Å². The summed E-state index contributed by atoms with van der Waals surface area (Å²) >= 11 is 5.77. The van der Waals surface area contributed by atoms with Crippen LogP contribution in [0.15, 0.2) is 0 Å². The van der Waals surface area contributed by atoms with E-state index in [-0.39, 0.29) is 5.92 Å². The fourth-order valence-electron chi connectivity index (χ4n) is 3.95. The van der Waals surface area contributed by atoms with E-state index in [1.807, 2.05) is 0 Å². The summed E-state index contributed by atoms with van der Waals surface area (Å²) in [5.74, 6) is 0.0349. The van der Waals surface area contributed by atoms with E-state index in [1.165, 1.54) is 44.9 Å². The topological polar surface area (TPSA) is 40.2 Å². The number of unbranched alkanes of at least 4 members (excludes halogenated alkanes) is 6. The van der Waals surface area contributed by atoms with Gasteiger partial charge in [0.25, 0.3) is 5.97 Å². The van der Waals surface area contributed by atoms with Crippen LogP contribution in [-0.4, -0.2) is 45.4 Å². The van der Waals surface area contributed by atoms with Gasteiger partial charge in [0.05, 0.1) is 12.2 Å². The monoisotopic (exact) mass is 392 g/mol. The van der Waals surface area contributed by atoms with Gasteiger partial charge in [-0.3, -0.25) is 0 Å². The van der Waals surface area contributed by atoms with Gasteiger partial charge >= 0.3 is 0 Å². The fourth-order valence-corrected chi connectivity index (χ4v) is 4.16. The number of hydrogen-bond acceptors (Lipinski definition) is 4. The lowest BCUT2D eigenvalue weighted by atomic mass is 9.91. The summed E-state index contributed by atoms with van der Waals surface area (Å²) in [6, 6.07) is 0. The fraction of sp³-hybridized carbons (Fsp3) is 1.00. The molecule has 1 aliphatic heterocycles. The molecule has 1 rings (SSSR count). The van der Waals surface area contributed by atoms with Gasteiger partial charge in [-0.05, 0) is 25.7 Å². The molecule has 0 bridgehead atoms. The second kappa shape index (κ2) is 14.2. The van der Waals surface area contributed by atoms with Gasteiger partial charge in [0.2, 0.25) is 0 Å². The Morgan fingerprint density at radius 1 is 0.808 bits per heavy atom. The first-order valence-electron chi connectivity index (χ1n) is 10.5. The number of halogens is 1. The van der Waals surface area contributed by atoms with Crippen molar-refractivity contribution >= 4 is 11.6 Å². The summed E-state index contributed by atoms with van der Waals surface area (Å²) in [5.41, 5.74) is 0. The zero-order chi connectivity index (χ0) is 19.3. The van der Waals surface area contributed by atoms with Gasteiger partial charge in [0.15, 0.2) is 0 Å². The molecule has 0 N–H and O–H groups in total. The molecule has 0 aromatic carbocycles. The molecule has 0 spiro atoms. The van der Waals surface area contributed by atoms with Crippen molar-refractivity contribution in [2.24, 2.45) is 5.92 Å². The molecule has 1 heterocycles. The molecule has 26 heavy (non-hydrogen) atoms. The predicted octanol–water partition coefficient (Wildman–Crippen LogP) is 5.90. The minimum atomic E-state index is -0.916. The Hall–Kier alpha value is 0.130. The molecule has 156 valence electrons. The van der Waals surface area contributed by atoms with Gasteiger partial charge in [-0.15, -0.1) is 11.6 Å². The van der Waals surface area contributed by atoms with Crippen LogP contribution in [0, 0.1) is 5.92 Å².